The first-order chi connectivity index (χ1) is 13.0. The highest BCUT2D eigenvalue weighted by Crippen LogP contribution is 2.35. The second-order valence-electron chi connectivity index (χ2n) is 7.60. The van der Waals surface area contributed by atoms with Gasteiger partial charge >= 0.3 is 0 Å². The Hall–Kier alpha value is -1.95. The Bertz CT molecular complexity index is 827. The minimum atomic E-state index is -0.677. The summed E-state index contributed by atoms with van der Waals surface area (Å²) in [5, 5.41) is 3.88. The van der Waals surface area contributed by atoms with Crippen LogP contribution in [-0.4, -0.2) is 42.0 Å². The zero-order valence-corrected chi connectivity index (χ0v) is 15.8. The number of rotatable bonds is 4. The first kappa shape index (κ1) is 18.4. The lowest BCUT2D eigenvalue weighted by molar-refractivity contribution is -0.130. The first-order valence-corrected chi connectivity index (χ1v) is 9.64. The predicted octanol–water partition coefficient (Wildman–Crippen LogP) is 2.32. The molecule has 3 N–H and O–H groups in total. The molecule has 142 valence electrons. The second kappa shape index (κ2) is 7.23. The molecule has 1 amide bonds. The Balaban J connectivity index is 1.54. The van der Waals surface area contributed by atoms with E-state index < -0.39 is 5.54 Å². The number of amides is 1. The number of nitrogens with one attached hydrogen (secondary N) is 1. The van der Waals surface area contributed by atoms with Gasteiger partial charge < -0.3 is 11.1 Å². The van der Waals surface area contributed by atoms with Crippen molar-refractivity contribution in [2.24, 2.45) is 5.73 Å². The fraction of sp³-hybridized carbons (Fsp3) is 0.381. The van der Waals surface area contributed by atoms with E-state index in [1.54, 1.807) is 6.07 Å². The molecule has 1 saturated heterocycles. The third-order valence-electron chi connectivity index (χ3n) is 5.81. The van der Waals surface area contributed by atoms with Crippen LogP contribution in [0.15, 0.2) is 42.5 Å². The molecule has 4 rings (SSSR count). The molecule has 1 unspecified atom stereocenters. The fourth-order valence-electron chi connectivity index (χ4n) is 4.51. The number of hydrogen-bond donors (Lipinski definition) is 2. The number of carbonyl (C=O) groups excluding carboxylic acids is 1. The van der Waals surface area contributed by atoms with E-state index in [4.69, 9.17) is 17.3 Å². The van der Waals surface area contributed by atoms with Crippen molar-refractivity contribution >= 4 is 17.5 Å². The van der Waals surface area contributed by atoms with Crippen LogP contribution in [0.5, 0.6) is 0 Å². The van der Waals surface area contributed by atoms with Crippen LogP contribution in [0.25, 0.3) is 0 Å². The number of nitrogens with two attached hydrogens (primary N) is 1. The molecule has 2 aromatic carbocycles. The van der Waals surface area contributed by atoms with Crippen LogP contribution in [0.4, 0.5) is 4.39 Å². The van der Waals surface area contributed by atoms with Crippen LogP contribution in [0, 0.1) is 5.82 Å². The normalized spacial score (nSPS) is 21.8. The summed E-state index contributed by atoms with van der Waals surface area (Å²) in [6.45, 7) is 2.21. The van der Waals surface area contributed by atoms with Gasteiger partial charge in [-0.1, -0.05) is 35.9 Å². The van der Waals surface area contributed by atoms with E-state index in [0.29, 0.717) is 30.8 Å². The number of hydrogen-bond acceptors (Lipinski definition) is 3. The minimum Gasteiger partial charge on any atom is -0.368 e. The van der Waals surface area contributed by atoms with Gasteiger partial charge in [0.15, 0.2) is 0 Å². The van der Waals surface area contributed by atoms with Crippen molar-refractivity contribution in [2.45, 2.75) is 30.8 Å². The van der Waals surface area contributed by atoms with Crippen molar-refractivity contribution in [1.82, 2.24) is 10.2 Å². The summed E-state index contributed by atoms with van der Waals surface area (Å²) in [5.74, 6) is -0.599. The van der Waals surface area contributed by atoms with E-state index in [9.17, 15) is 9.18 Å². The second-order valence-corrected chi connectivity index (χ2v) is 8.03. The van der Waals surface area contributed by atoms with Crippen LogP contribution in [0.2, 0.25) is 5.02 Å². The number of fused-ring (bicyclic) bond motifs is 1. The minimum absolute atomic E-state index is 0.108. The lowest BCUT2D eigenvalue weighted by Crippen LogP contribution is -2.65. The van der Waals surface area contributed by atoms with Crippen LogP contribution >= 0.6 is 11.6 Å². The smallest absolute Gasteiger partial charge is 0.238 e. The van der Waals surface area contributed by atoms with Crippen molar-refractivity contribution < 1.29 is 9.18 Å². The molecule has 27 heavy (non-hydrogen) atoms. The molecule has 1 heterocycles. The molecule has 0 radical (unpaired) electrons. The molecule has 4 nitrogen and oxygen atoms in total. The number of nitrogens with zero attached hydrogens (tertiary/aromatic N) is 1. The van der Waals surface area contributed by atoms with Gasteiger partial charge in [0.25, 0.3) is 0 Å². The standard InChI is InChI=1S/C21H23ClFN3O/c22-17-7-14(8-18(23)10-17)9-19-13-26(6-5-25-19)21(20(24)27)11-15-3-1-2-4-16(15)12-21/h1-4,7-8,10,19,25H,5-6,9,11-13H2,(H2,24,27). The summed E-state index contributed by atoms with van der Waals surface area (Å²) in [7, 11) is 0. The number of piperazine rings is 1. The largest absolute Gasteiger partial charge is 0.368 e. The fourth-order valence-corrected chi connectivity index (χ4v) is 4.76. The van der Waals surface area contributed by atoms with Crippen LogP contribution in [0.1, 0.15) is 16.7 Å². The highest BCUT2D eigenvalue weighted by Gasteiger charge is 2.48. The van der Waals surface area contributed by atoms with E-state index in [2.05, 4.69) is 22.3 Å². The third-order valence-corrected chi connectivity index (χ3v) is 6.03. The molecule has 0 aromatic heterocycles. The Morgan fingerprint density at radius 2 is 1.96 bits per heavy atom. The zero-order chi connectivity index (χ0) is 19.0. The van der Waals surface area contributed by atoms with Crippen molar-refractivity contribution in [3.05, 3.63) is 70.0 Å². The average Bonchev–Trinajstić information content (AvgIpc) is 3.02. The molecule has 0 saturated carbocycles. The summed E-state index contributed by atoms with van der Waals surface area (Å²) >= 11 is 5.98. The molecule has 1 atom stereocenters. The zero-order valence-electron chi connectivity index (χ0n) is 15.1. The van der Waals surface area contributed by atoms with Gasteiger partial charge in [0.1, 0.15) is 11.4 Å². The van der Waals surface area contributed by atoms with E-state index in [1.807, 2.05) is 12.1 Å². The van der Waals surface area contributed by atoms with Crippen molar-refractivity contribution in [3.63, 3.8) is 0 Å². The number of benzene rings is 2. The van der Waals surface area contributed by atoms with Crippen molar-refractivity contribution in [2.75, 3.05) is 19.6 Å². The van der Waals surface area contributed by atoms with E-state index in [1.165, 1.54) is 23.3 Å². The maximum atomic E-state index is 13.6. The van der Waals surface area contributed by atoms with Crippen LogP contribution < -0.4 is 11.1 Å². The van der Waals surface area contributed by atoms with Crippen LogP contribution in [-0.2, 0) is 24.1 Å². The summed E-state index contributed by atoms with van der Waals surface area (Å²) in [6.07, 6.45) is 1.95. The maximum absolute atomic E-state index is 13.6. The first-order valence-electron chi connectivity index (χ1n) is 9.26. The molecule has 0 bridgehead atoms. The van der Waals surface area contributed by atoms with Gasteiger partial charge in [-0.25, -0.2) is 4.39 Å². The van der Waals surface area contributed by atoms with Gasteiger partial charge in [0.2, 0.25) is 5.91 Å². The molecule has 2 aliphatic rings. The van der Waals surface area contributed by atoms with Gasteiger partial charge in [-0.2, -0.15) is 0 Å². The molecule has 1 fully saturated rings. The van der Waals surface area contributed by atoms with Gasteiger partial charge in [0.05, 0.1) is 0 Å². The Morgan fingerprint density at radius 1 is 1.26 bits per heavy atom. The number of halogens is 2. The topological polar surface area (TPSA) is 58.4 Å². The molecule has 1 aliphatic heterocycles. The summed E-state index contributed by atoms with van der Waals surface area (Å²) < 4.78 is 13.6. The number of carbonyl (C=O) groups is 1. The monoisotopic (exact) mass is 387 g/mol. The lowest BCUT2D eigenvalue weighted by atomic mass is 9.90. The van der Waals surface area contributed by atoms with Crippen molar-refractivity contribution in [3.8, 4) is 0 Å². The van der Waals surface area contributed by atoms with Gasteiger partial charge in [-0.3, -0.25) is 9.69 Å². The van der Waals surface area contributed by atoms with Gasteiger partial charge in [-0.15, -0.1) is 0 Å². The maximum Gasteiger partial charge on any atom is 0.238 e. The van der Waals surface area contributed by atoms with Gasteiger partial charge in [0, 0.05) is 43.5 Å². The SMILES string of the molecule is NC(=O)C1(N2CCNC(Cc3cc(F)cc(Cl)c3)C2)Cc2ccccc2C1. The van der Waals surface area contributed by atoms with Gasteiger partial charge in [-0.05, 0) is 41.3 Å². The Morgan fingerprint density at radius 3 is 2.59 bits per heavy atom. The van der Waals surface area contributed by atoms with Crippen LogP contribution in [0.3, 0.4) is 0 Å². The molecular weight excluding hydrogens is 365 g/mol. The lowest BCUT2D eigenvalue weighted by Gasteiger charge is -2.44. The Kier molecular flexibility index (Phi) is 4.93. The average molecular weight is 388 g/mol. The summed E-state index contributed by atoms with van der Waals surface area (Å²) in [6, 6.07) is 12.9. The van der Waals surface area contributed by atoms with E-state index in [-0.39, 0.29) is 17.8 Å². The molecule has 1 aliphatic carbocycles. The van der Waals surface area contributed by atoms with E-state index in [0.717, 1.165) is 18.7 Å². The molecule has 6 heteroatoms. The predicted molar refractivity (Wildman–Crippen MR) is 104 cm³/mol. The highest BCUT2D eigenvalue weighted by atomic mass is 35.5. The molecular formula is C21H23ClFN3O. The highest BCUT2D eigenvalue weighted by molar-refractivity contribution is 6.30. The summed E-state index contributed by atoms with van der Waals surface area (Å²) in [5.41, 5.74) is 8.48. The Labute approximate surface area is 163 Å². The van der Waals surface area contributed by atoms with E-state index >= 15 is 0 Å². The molecule has 0 spiro atoms. The van der Waals surface area contributed by atoms with Crippen molar-refractivity contribution in [1.29, 1.82) is 0 Å². The number of primary amides is 1. The molecule has 2 aromatic rings. The summed E-state index contributed by atoms with van der Waals surface area (Å²) in [4.78, 5) is 14.8. The third kappa shape index (κ3) is 3.59. The quantitative estimate of drug-likeness (QED) is 0.846.